The third-order valence-corrected chi connectivity index (χ3v) is 3.14. The van der Waals surface area contributed by atoms with Gasteiger partial charge in [0.2, 0.25) is 0 Å². The van der Waals surface area contributed by atoms with Crippen molar-refractivity contribution in [2.45, 2.75) is 6.92 Å². The van der Waals surface area contributed by atoms with E-state index in [1.165, 1.54) is 18.3 Å². The maximum absolute atomic E-state index is 12.0. The number of amides is 1. The predicted molar refractivity (Wildman–Crippen MR) is 85.8 cm³/mol. The van der Waals surface area contributed by atoms with Crippen LogP contribution < -0.4 is 10.9 Å². The van der Waals surface area contributed by atoms with Gasteiger partial charge in [0.15, 0.2) is 0 Å². The minimum atomic E-state index is -0.776. The van der Waals surface area contributed by atoms with Crippen LogP contribution in [-0.2, 0) is 0 Å². The minimum Gasteiger partial charge on any atom is -0.507 e. The molecule has 0 bridgehead atoms. The molecule has 0 atom stereocenters. The summed E-state index contributed by atoms with van der Waals surface area (Å²) in [4.78, 5) is 22.5. The van der Waals surface area contributed by atoms with Gasteiger partial charge < -0.3 is 20.6 Å². The van der Waals surface area contributed by atoms with Crippen LogP contribution in [0.5, 0.6) is 5.75 Å². The van der Waals surface area contributed by atoms with Crippen molar-refractivity contribution < 1.29 is 14.8 Å². The largest absolute Gasteiger partial charge is 0.515 e. The summed E-state index contributed by atoms with van der Waals surface area (Å²) in [6, 6.07) is 4.60. The van der Waals surface area contributed by atoms with E-state index in [1.54, 1.807) is 13.0 Å². The van der Waals surface area contributed by atoms with E-state index in [0.717, 1.165) is 8.37 Å². The van der Waals surface area contributed by atoms with Gasteiger partial charge in [-0.3, -0.25) is 10.2 Å². The van der Waals surface area contributed by atoms with E-state index < -0.39 is 16.8 Å². The van der Waals surface area contributed by atoms with E-state index in [2.05, 4.69) is 26.3 Å². The maximum Gasteiger partial charge on any atom is 0.515 e. The highest BCUT2D eigenvalue weighted by Gasteiger charge is 2.14. The van der Waals surface area contributed by atoms with E-state index in [1.807, 2.05) is 22.6 Å². The van der Waals surface area contributed by atoms with Crippen LogP contribution in [0, 0.1) is 13.7 Å². The minimum absolute atomic E-state index is 0.103. The number of phenolic OH excluding ortho intramolecular Hbond substituents is 1. The number of benzene rings is 1. The normalized spacial score (nSPS) is 11.1. The average Bonchev–Trinajstić information content (AvgIpc) is 2.96. The first-order valence-electron chi connectivity index (χ1n) is 6.04. The summed E-state index contributed by atoms with van der Waals surface area (Å²) >= 11 is 2.02. The first-order valence-corrected chi connectivity index (χ1v) is 7.12. The van der Waals surface area contributed by atoms with Gasteiger partial charge in [-0.15, -0.1) is 0 Å². The Morgan fingerprint density at radius 1 is 1.48 bits per heavy atom. The zero-order valence-corrected chi connectivity index (χ0v) is 13.8. The molecule has 0 fully saturated rings. The number of tetrazole rings is 1. The number of phenols is 1. The lowest BCUT2D eigenvalue weighted by molar-refractivity contribution is -0.394. The number of aromatic nitrogens is 4. The highest BCUT2D eigenvalue weighted by Crippen LogP contribution is 2.19. The standard InChI is InChI=1S/C11H10IN7O4/c1-6(5-18-16-11(15-17-18)19(22)23)13-14-10(21)8-4-7(12)2-3-9(8)20/h2-5,13,20H,1H3,(H,14,21)/b6-5-. The van der Waals surface area contributed by atoms with Gasteiger partial charge in [-0.25, -0.2) is 0 Å². The highest BCUT2D eigenvalue weighted by molar-refractivity contribution is 14.1. The Labute approximate surface area is 142 Å². The van der Waals surface area contributed by atoms with E-state index in [0.29, 0.717) is 5.70 Å². The van der Waals surface area contributed by atoms with Gasteiger partial charge in [0, 0.05) is 9.27 Å². The number of hydrogen-bond donors (Lipinski definition) is 3. The molecule has 0 saturated heterocycles. The summed E-state index contributed by atoms with van der Waals surface area (Å²) < 4.78 is 0.789. The molecular formula is C11H10IN7O4. The van der Waals surface area contributed by atoms with Crippen LogP contribution in [-0.4, -0.2) is 36.1 Å². The van der Waals surface area contributed by atoms with Gasteiger partial charge in [-0.1, -0.05) is 4.80 Å². The van der Waals surface area contributed by atoms with Crippen molar-refractivity contribution in [1.82, 2.24) is 31.1 Å². The van der Waals surface area contributed by atoms with E-state index in [9.17, 15) is 20.0 Å². The van der Waals surface area contributed by atoms with Crippen LogP contribution in [0.15, 0.2) is 23.9 Å². The average molecular weight is 431 g/mol. The van der Waals surface area contributed by atoms with Gasteiger partial charge in [-0.05, 0) is 52.6 Å². The molecule has 3 N–H and O–H groups in total. The lowest BCUT2D eigenvalue weighted by Gasteiger charge is -2.09. The number of hydrogen-bond acceptors (Lipinski definition) is 8. The summed E-state index contributed by atoms with van der Waals surface area (Å²) in [5.74, 6) is -1.34. The van der Waals surface area contributed by atoms with Crippen LogP contribution >= 0.6 is 22.6 Å². The Kier molecular flexibility index (Phi) is 5.05. The Morgan fingerprint density at radius 2 is 2.22 bits per heavy atom. The summed E-state index contributed by atoms with van der Waals surface area (Å²) in [6.45, 7) is 1.57. The maximum atomic E-state index is 12.0. The van der Waals surface area contributed by atoms with Crippen molar-refractivity contribution in [3.8, 4) is 5.75 Å². The molecular weight excluding hydrogens is 421 g/mol. The van der Waals surface area contributed by atoms with Crippen LogP contribution in [0.1, 0.15) is 17.3 Å². The molecule has 11 nitrogen and oxygen atoms in total. The molecule has 0 radical (unpaired) electrons. The number of allylic oxidation sites excluding steroid dienone is 1. The molecule has 0 unspecified atom stereocenters. The summed E-state index contributed by atoms with van der Waals surface area (Å²) in [6.07, 6.45) is 1.29. The zero-order valence-electron chi connectivity index (χ0n) is 11.6. The molecule has 1 heterocycles. The first-order chi connectivity index (χ1) is 10.9. The molecule has 23 heavy (non-hydrogen) atoms. The number of nitrogens with one attached hydrogen (secondary N) is 2. The lowest BCUT2D eigenvalue weighted by Crippen LogP contribution is -2.36. The van der Waals surface area contributed by atoms with E-state index in [4.69, 9.17) is 0 Å². The summed E-state index contributed by atoms with van der Waals surface area (Å²) in [5.41, 5.74) is 5.43. The Morgan fingerprint density at radius 3 is 2.87 bits per heavy atom. The van der Waals surface area contributed by atoms with Crippen molar-refractivity contribution in [3.05, 3.63) is 43.1 Å². The number of halogens is 1. The fourth-order valence-electron chi connectivity index (χ4n) is 1.46. The van der Waals surface area contributed by atoms with Crippen LogP contribution in [0.25, 0.3) is 6.20 Å². The van der Waals surface area contributed by atoms with Gasteiger partial charge in [0.05, 0.1) is 27.2 Å². The van der Waals surface area contributed by atoms with Crippen molar-refractivity contribution >= 4 is 40.6 Å². The second-order valence-electron chi connectivity index (χ2n) is 4.22. The topological polar surface area (TPSA) is 148 Å². The zero-order chi connectivity index (χ0) is 17.0. The SMILES string of the molecule is C/C(=C/n1nnc([N+](=O)[O-])n1)NNC(=O)c1cc(I)ccc1O. The Balaban J connectivity index is 2.01. The predicted octanol–water partition coefficient (Wildman–Crippen LogP) is 0.644. The number of rotatable bonds is 5. The quantitative estimate of drug-likeness (QED) is 0.355. The fourth-order valence-corrected chi connectivity index (χ4v) is 1.95. The highest BCUT2D eigenvalue weighted by atomic mass is 127. The molecule has 0 aliphatic rings. The van der Waals surface area contributed by atoms with Crippen LogP contribution in [0.3, 0.4) is 0 Å². The second-order valence-corrected chi connectivity index (χ2v) is 5.47. The van der Waals surface area contributed by atoms with Crippen molar-refractivity contribution in [1.29, 1.82) is 0 Å². The number of nitrogens with zero attached hydrogens (tertiary/aromatic N) is 5. The number of carbonyl (C=O) groups is 1. The summed E-state index contributed by atoms with van der Waals surface area (Å²) in [7, 11) is 0. The van der Waals surface area contributed by atoms with E-state index in [-0.39, 0.29) is 11.3 Å². The molecule has 0 saturated carbocycles. The van der Waals surface area contributed by atoms with Gasteiger partial charge >= 0.3 is 5.95 Å². The molecule has 0 aliphatic carbocycles. The monoisotopic (exact) mass is 431 g/mol. The smallest absolute Gasteiger partial charge is 0.507 e. The molecule has 1 aromatic heterocycles. The van der Waals surface area contributed by atoms with Crippen molar-refractivity contribution in [2.75, 3.05) is 0 Å². The lowest BCUT2D eigenvalue weighted by atomic mass is 10.2. The Hall–Kier alpha value is -2.77. The van der Waals surface area contributed by atoms with E-state index >= 15 is 0 Å². The fraction of sp³-hybridized carbons (Fsp3) is 0.0909. The van der Waals surface area contributed by atoms with Gasteiger partial charge in [-0.2, -0.15) is 0 Å². The molecule has 2 rings (SSSR count). The first kappa shape index (κ1) is 16.6. The summed E-state index contributed by atoms with van der Waals surface area (Å²) in [5, 5.41) is 30.3. The third kappa shape index (κ3) is 4.35. The van der Waals surface area contributed by atoms with Gasteiger partial charge in [0.1, 0.15) is 5.75 Å². The van der Waals surface area contributed by atoms with Crippen molar-refractivity contribution in [2.24, 2.45) is 0 Å². The van der Waals surface area contributed by atoms with Crippen LogP contribution in [0.4, 0.5) is 5.95 Å². The molecule has 1 amide bonds. The van der Waals surface area contributed by atoms with Gasteiger partial charge in [0.25, 0.3) is 5.91 Å². The third-order valence-electron chi connectivity index (χ3n) is 2.47. The molecule has 1 aromatic carbocycles. The number of carbonyl (C=O) groups excluding carboxylic acids is 1. The number of nitro groups is 1. The second kappa shape index (κ2) is 6.99. The Bertz CT molecular complexity index is 788. The molecule has 0 aliphatic heterocycles. The van der Waals surface area contributed by atoms with Crippen LogP contribution in [0.2, 0.25) is 0 Å². The molecule has 2 aromatic rings. The molecule has 120 valence electrons. The molecule has 12 heteroatoms. The number of aromatic hydroxyl groups is 1. The number of hydrazine groups is 1. The van der Waals surface area contributed by atoms with Crippen molar-refractivity contribution in [3.63, 3.8) is 0 Å². The molecule has 0 spiro atoms.